The number of aryl methyl sites for hydroxylation is 1. The van der Waals surface area contributed by atoms with Gasteiger partial charge in [-0.3, -0.25) is 19.4 Å². The van der Waals surface area contributed by atoms with Gasteiger partial charge >= 0.3 is 0 Å². The second kappa shape index (κ2) is 7.57. The molecule has 1 aliphatic heterocycles. The van der Waals surface area contributed by atoms with Gasteiger partial charge in [0.05, 0.1) is 12.6 Å². The van der Waals surface area contributed by atoms with Crippen molar-refractivity contribution in [2.45, 2.75) is 26.8 Å². The largest absolute Gasteiger partial charge is 0.368 e. The van der Waals surface area contributed by atoms with E-state index in [1.807, 2.05) is 39.0 Å². The van der Waals surface area contributed by atoms with Crippen molar-refractivity contribution >= 4 is 17.5 Å². The topological polar surface area (TPSA) is 78.7 Å². The van der Waals surface area contributed by atoms with E-state index >= 15 is 0 Å². The number of hydrogen-bond acceptors (Lipinski definition) is 4. The minimum absolute atomic E-state index is 0.00454. The lowest BCUT2D eigenvalue weighted by Crippen LogP contribution is -2.54. The van der Waals surface area contributed by atoms with Gasteiger partial charge in [0.2, 0.25) is 11.8 Å². The number of rotatable bonds is 5. The Bertz CT molecular complexity index is 580. The van der Waals surface area contributed by atoms with E-state index in [9.17, 15) is 9.59 Å². The average Bonchev–Trinajstić information content (AvgIpc) is 2.52. The number of nitrogens with zero attached hydrogens (tertiary/aromatic N) is 2. The van der Waals surface area contributed by atoms with Crippen molar-refractivity contribution in [3.05, 3.63) is 29.3 Å². The average molecular weight is 318 g/mol. The van der Waals surface area contributed by atoms with Gasteiger partial charge < -0.3 is 11.1 Å². The highest BCUT2D eigenvalue weighted by molar-refractivity contribution is 5.93. The molecule has 1 fully saturated rings. The number of benzene rings is 1. The molecule has 1 aliphatic rings. The van der Waals surface area contributed by atoms with E-state index in [0.29, 0.717) is 6.54 Å². The Balaban J connectivity index is 1.83. The fourth-order valence-electron chi connectivity index (χ4n) is 2.77. The van der Waals surface area contributed by atoms with Crippen LogP contribution < -0.4 is 11.1 Å². The van der Waals surface area contributed by atoms with Crippen LogP contribution in [0.5, 0.6) is 0 Å². The summed E-state index contributed by atoms with van der Waals surface area (Å²) in [5.41, 5.74) is 8.47. The number of carbonyl (C=O) groups excluding carboxylic acids is 2. The molecule has 1 atom stereocenters. The van der Waals surface area contributed by atoms with Gasteiger partial charge in [0.1, 0.15) is 0 Å². The first kappa shape index (κ1) is 17.4. The van der Waals surface area contributed by atoms with Gasteiger partial charge in [-0.15, -0.1) is 0 Å². The normalized spacial score (nSPS) is 17.7. The number of piperazine rings is 1. The summed E-state index contributed by atoms with van der Waals surface area (Å²) in [6.45, 7) is 9.26. The monoisotopic (exact) mass is 318 g/mol. The zero-order chi connectivity index (χ0) is 17.0. The SMILES string of the molecule is Cc1cccc(NC(=O)CN2CCN(C(C)C(N)=O)CC2)c1C. The number of hydrogen-bond donors (Lipinski definition) is 2. The Morgan fingerprint density at radius 2 is 1.87 bits per heavy atom. The molecule has 126 valence electrons. The molecule has 1 aromatic rings. The summed E-state index contributed by atoms with van der Waals surface area (Å²) in [5.74, 6) is -0.304. The van der Waals surface area contributed by atoms with Crippen molar-refractivity contribution in [3.63, 3.8) is 0 Å². The van der Waals surface area contributed by atoms with Crippen molar-refractivity contribution in [1.29, 1.82) is 0 Å². The molecule has 0 aromatic heterocycles. The van der Waals surface area contributed by atoms with Crippen molar-refractivity contribution in [2.24, 2.45) is 5.73 Å². The highest BCUT2D eigenvalue weighted by Gasteiger charge is 2.24. The number of nitrogens with two attached hydrogens (primary N) is 1. The van der Waals surface area contributed by atoms with Crippen molar-refractivity contribution in [2.75, 3.05) is 38.0 Å². The predicted molar refractivity (Wildman–Crippen MR) is 91.2 cm³/mol. The number of nitrogens with one attached hydrogen (secondary N) is 1. The summed E-state index contributed by atoms with van der Waals surface area (Å²) < 4.78 is 0. The fourth-order valence-corrected chi connectivity index (χ4v) is 2.77. The van der Waals surface area contributed by atoms with Gasteiger partial charge in [0.25, 0.3) is 0 Å². The molecule has 2 amide bonds. The van der Waals surface area contributed by atoms with E-state index in [1.165, 1.54) is 0 Å². The zero-order valence-corrected chi connectivity index (χ0v) is 14.1. The Morgan fingerprint density at radius 3 is 2.48 bits per heavy atom. The summed E-state index contributed by atoms with van der Waals surface area (Å²) in [6, 6.07) is 5.65. The molecule has 23 heavy (non-hydrogen) atoms. The molecule has 0 spiro atoms. The highest BCUT2D eigenvalue weighted by atomic mass is 16.2. The van der Waals surface area contributed by atoms with E-state index in [4.69, 9.17) is 5.73 Å². The lowest BCUT2D eigenvalue weighted by Gasteiger charge is -2.36. The van der Waals surface area contributed by atoms with Gasteiger partial charge in [-0.1, -0.05) is 12.1 Å². The molecule has 6 heteroatoms. The van der Waals surface area contributed by atoms with Crippen LogP contribution in [0.25, 0.3) is 0 Å². The standard InChI is InChI=1S/C17H26N4O2/c1-12-5-4-6-15(13(12)2)19-16(22)11-20-7-9-21(10-8-20)14(3)17(18)23/h4-6,14H,7-11H2,1-3H3,(H2,18,23)(H,19,22). The molecule has 0 saturated carbocycles. The van der Waals surface area contributed by atoms with Gasteiger partial charge in [-0.2, -0.15) is 0 Å². The third-order valence-corrected chi connectivity index (χ3v) is 4.61. The molecule has 6 nitrogen and oxygen atoms in total. The summed E-state index contributed by atoms with van der Waals surface area (Å²) in [6.07, 6.45) is 0. The van der Waals surface area contributed by atoms with Crippen LogP contribution in [0.2, 0.25) is 0 Å². The lowest BCUT2D eigenvalue weighted by molar-refractivity contribution is -0.124. The van der Waals surface area contributed by atoms with Gasteiger partial charge in [-0.05, 0) is 38.0 Å². The lowest BCUT2D eigenvalue weighted by atomic mass is 10.1. The second-order valence-corrected chi connectivity index (χ2v) is 6.19. The number of anilines is 1. The van der Waals surface area contributed by atoms with Crippen LogP contribution in [0.3, 0.4) is 0 Å². The summed E-state index contributed by atoms with van der Waals surface area (Å²) >= 11 is 0. The van der Waals surface area contributed by atoms with Crippen LogP contribution >= 0.6 is 0 Å². The van der Waals surface area contributed by atoms with Crippen molar-refractivity contribution in [1.82, 2.24) is 9.80 Å². The molecule has 0 radical (unpaired) electrons. The minimum Gasteiger partial charge on any atom is -0.368 e. The molecule has 2 rings (SSSR count). The Hall–Kier alpha value is -1.92. The molecule has 0 aliphatic carbocycles. The molecule has 3 N–H and O–H groups in total. The van der Waals surface area contributed by atoms with Crippen LogP contribution in [0, 0.1) is 13.8 Å². The van der Waals surface area contributed by atoms with E-state index in [1.54, 1.807) is 0 Å². The first-order valence-corrected chi connectivity index (χ1v) is 8.00. The maximum Gasteiger partial charge on any atom is 0.238 e. The van der Waals surface area contributed by atoms with Crippen LogP contribution in [0.1, 0.15) is 18.1 Å². The van der Waals surface area contributed by atoms with E-state index < -0.39 is 0 Å². The van der Waals surface area contributed by atoms with Crippen LogP contribution in [0.4, 0.5) is 5.69 Å². The number of amides is 2. The van der Waals surface area contributed by atoms with Crippen LogP contribution in [-0.4, -0.2) is 60.4 Å². The Kier molecular flexibility index (Phi) is 5.74. The minimum atomic E-state index is -0.300. The molecule has 1 heterocycles. The fraction of sp³-hybridized carbons (Fsp3) is 0.529. The Labute approximate surface area is 137 Å². The summed E-state index contributed by atoms with van der Waals surface area (Å²) in [7, 11) is 0. The van der Waals surface area contributed by atoms with E-state index in [-0.39, 0.29) is 17.9 Å². The number of primary amides is 1. The smallest absolute Gasteiger partial charge is 0.238 e. The van der Waals surface area contributed by atoms with Crippen LogP contribution in [-0.2, 0) is 9.59 Å². The molecule has 1 aromatic carbocycles. The zero-order valence-electron chi connectivity index (χ0n) is 14.1. The van der Waals surface area contributed by atoms with Gasteiger partial charge in [0, 0.05) is 31.9 Å². The molecular formula is C17H26N4O2. The highest BCUT2D eigenvalue weighted by Crippen LogP contribution is 2.18. The van der Waals surface area contributed by atoms with Crippen molar-refractivity contribution in [3.8, 4) is 0 Å². The second-order valence-electron chi connectivity index (χ2n) is 6.19. The predicted octanol–water partition coefficient (Wildman–Crippen LogP) is 0.733. The van der Waals surface area contributed by atoms with Gasteiger partial charge in [-0.25, -0.2) is 0 Å². The maximum atomic E-state index is 12.2. The van der Waals surface area contributed by atoms with Gasteiger partial charge in [0.15, 0.2) is 0 Å². The summed E-state index contributed by atoms with van der Waals surface area (Å²) in [4.78, 5) is 27.6. The maximum absolute atomic E-state index is 12.2. The molecule has 1 saturated heterocycles. The Morgan fingerprint density at radius 1 is 1.22 bits per heavy atom. The van der Waals surface area contributed by atoms with Crippen molar-refractivity contribution < 1.29 is 9.59 Å². The number of carbonyl (C=O) groups is 2. The van der Waals surface area contributed by atoms with Crippen LogP contribution in [0.15, 0.2) is 18.2 Å². The molecular weight excluding hydrogens is 292 g/mol. The van der Waals surface area contributed by atoms with E-state index in [0.717, 1.165) is 43.0 Å². The first-order chi connectivity index (χ1) is 10.9. The molecule has 1 unspecified atom stereocenters. The van der Waals surface area contributed by atoms with E-state index in [2.05, 4.69) is 15.1 Å². The summed E-state index contributed by atoms with van der Waals surface area (Å²) in [5, 5.41) is 2.98. The molecule has 0 bridgehead atoms. The quantitative estimate of drug-likeness (QED) is 0.839. The first-order valence-electron chi connectivity index (χ1n) is 8.00. The third kappa shape index (κ3) is 4.53. The third-order valence-electron chi connectivity index (χ3n) is 4.61.